The lowest BCUT2D eigenvalue weighted by molar-refractivity contribution is -0.145. The van der Waals surface area contributed by atoms with Crippen molar-refractivity contribution in [3.05, 3.63) is 47.3 Å². The average Bonchev–Trinajstić information content (AvgIpc) is 2.54. The molecule has 0 aromatic rings. The summed E-state index contributed by atoms with van der Waals surface area (Å²) in [6.07, 6.45) is 10.1. The summed E-state index contributed by atoms with van der Waals surface area (Å²) in [6, 6.07) is 0. The van der Waals surface area contributed by atoms with E-state index in [4.69, 9.17) is 9.84 Å². The summed E-state index contributed by atoms with van der Waals surface area (Å²) in [4.78, 5) is 12.3. The number of hydrogen-bond acceptors (Lipinski definition) is 5. The van der Waals surface area contributed by atoms with Gasteiger partial charge in [-0.15, -0.1) is 0 Å². The highest BCUT2D eigenvalue weighted by Gasteiger charge is 2.22. The molecule has 0 radical (unpaired) electrons. The molecule has 0 aromatic carbocycles. The van der Waals surface area contributed by atoms with E-state index >= 15 is 0 Å². The van der Waals surface area contributed by atoms with Gasteiger partial charge in [-0.2, -0.15) is 0 Å². The molecule has 140 valence electrons. The Morgan fingerprint density at radius 1 is 1.44 bits per heavy atom. The number of rotatable bonds is 5. The molecule has 25 heavy (non-hydrogen) atoms. The van der Waals surface area contributed by atoms with E-state index in [0.717, 1.165) is 18.7 Å². The third kappa shape index (κ3) is 7.61. The van der Waals surface area contributed by atoms with Gasteiger partial charge in [0.05, 0.1) is 12.2 Å². The second-order valence-corrected chi connectivity index (χ2v) is 7.22. The first-order chi connectivity index (χ1) is 11.8. The molecule has 0 saturated heterocycles. The molecular formula is C20H32N2O3. The maximum absolute atomic E-state index is 12.3. The van der Waals surface area contributed by atoms with E-state index in [0.29, 0.717) is 12.1 Å². The number of esters is 1. The number of aliphatic hydroxyl groups excluding tert-OH is 1. The summed E-state index contributed by atoms with van der Waals surface area (Å²) in [7, 11) is 0. The number of allylic oxidation sites excluding steroid dienone is 5. The molecule has 0 bridgehead atoms. The molecule has 0 saturated carbocycles. The minimum Gasteiger partial charge on any atom is -0.457 e. The van der Waals surface area contributed by atoms with Crippen LogP contribution in [0.25, 0.3) is 0 Å². The van der Waals surface area contributed by atoms with Crippen LogP contribution in [0, 0.1) is 5.41 Å². The van der Waals surface area contributed by atoms with Gasteiger partial charge >= 0.3 is 5.97 Å². The summed E-state index contributed by atoms with van der Waals surface area (Å²) >= 11 is 0. The molecule has 0 spiro atoms. The number of carbonyl (C=O) groups is 1. The van der Waals surface area contributed by atoms with E-state index in [1.54, 1.807) is 13.1 Å². The van der Waals surface area contributed by atoms with Gasteiger partial charge in [0.2, 0.25) is 0 Å². The molecule has 0 aromatic heterocycles. The van der Waals surface area contributed by atoms with E-state index in [2.05, 4.69) is 31.4 Å². The largest absolute Gasteiger partial charge is 0.457 e. The van der Waals surface area contributed by atoms with E-state index in [1.165, 1.54) is 5.57 Å². The summed E-state index contributed by atoms with van der Waals surface area (Å²) in [5, 5.41) is 15.7. The zero-order valence-electron chi connectivity index (χ0n) is 16.1. The molecule has 1 aliphatic heterocycles. The van der Waals surface area contributed by atoms with Crippen molar-refractivity contribution in [2.24, 2.45) is 5.41 Å². The molecule has 0 fully saturated rings. The molecular weight excluding hydrogens is 316 g/mol. The van der Waals surface area contributed by atoms with Crippen molar-refractivity contribution in [3.63, 3.8) is 0 Å². The molecule has 1 unspecified atom stereocenters. The zero-order chi connectivity index (χ0) is 18.9. The Morgan fingerprint density at radius 2 is 2.16 bits per heavy atom. The maximum atomic E-state index is 12.3. The van der Waals surface area contributed by atoms with Crippen molar-refractivity contribution in [2.45, 2.75) is 47.1 Å². The Balaban J connectivity index is 3.04. The molecule has 1 heterocycles. The Bertz CT molecular complexity index is 571. The van der Waals surface area contributed by atoms with Crippen LogP contribution in [0.1, 0.15) is 41.0 Å². The maximum Gasteiger partial charge on any atom is 0.337 e. The fraction of sp³-hybridized carbons (Fsp3) is 0.550. The SMILES string of the molecule is C\C=C/C=C\C1=C(/C)CC(C)(C)CN/C=C(/C(=O)OC(C)CO)CN1. The van der Waals surface area contributed by atoms with Gasteiger partial charge in [-0.1, -0.05) is 32.1 Å². The van der Waals surface area contributed by atoms with Gasteiger partial charge in [-0.3, -0.25) is 0 Å². The average molecular weight is 348 g/mol. The third-order valence-electron chi connectivity index (χ3n) is 3.92. The second-order valence-electron chi connectivity index (χ2n) is 7.22. The van der Waals surface area contributed by atoms with Crippen LogP contribution < -0.4 is 10.6 Å². The fourth-order valence-corrected chi connectivity index (χ4v) is 2.61. The lowest BCUT2D eigenvalue weighted by Crippen LogP contribution is -2.32. The topological polar surface area (TPSA) is 70.6 Å². The summed E-state index contributed by atoms with van der Waals surface area (Å²) < 4.78 is 5.24. The number of nitrogens with one attached hydrogen (secondary N) is 2. The second kappa shape index (κ2) is 10.1. The van der Waals surface area contributed by atoms with Gasteiger partial charge in [-0.05, 0) is 44.3 Å². The van der Waals surface area contributed by atoms with Gasteiger partial charge in [0, 0.05) is 25.0 Å². The van der Waals surface area contributed by atoms with Crippen molar-refractivity contribution < 1.29 is 14.6 Å². The molecule has 1 aliphatic rings. The Morgan fingerprint density at radius 3 is 2.80 bits per heavy atom. The van der Waals surface area contributed by atoms with E-state index in [-0.39, 0.29) is 12.0 Å². The zero-order valence-corrected chi connectivity index (χ0v) is 16.1. The van der Waals surface area contributed by atoms with Crippen LogP contribution in [-0.2, 0) is 9.53 Å². The number of carbonyl (C=O) groups excluding carboxylic acids is 1. The fourth-order valence-electron chi connectivity index (χ4n) is 2.61. The minimum absolute atomic E-state index is 0.0483. The van der Waals surface area contributed by atoms with Crippen LogP contribution in [0.2, 0.25) is 0 Å². The van der Waals surface area contributed by atoms with Crippen LogP contribution in [0.15, 0.2) is 47.3 Å². The minimum atomic E-state index is -0.522. The summed E-state index contributed by atoms with van der Waals surface area (Å²) in [5.41, 5.74) is 2.81. The van der Waals surface area contributed by atoms with Gasteiger partial charge < -0.3 is 20.5 Å². The molecule has 5 nitrogen and oxygen atoms in total. The number of aliphatic hydroxyl groups is 1. The smallest absolute Gasteiger partial charge is 0.337 e. The predicted octanol–water partition coefficient (Wildman–Crippen LogP) is 2.81. The van der Waals surface area contributed by atoms with Crippen LogP contribution in [-0.4, -0.2) is 36.9 Å². The van der Waals surface area contributed by atoms with Crippen molar-refractivity contribution in [2.75, 3.05) is 19.7 Å². The van der Waals surface area contributed by atoms with Crippen LogP contribution in [0.4, 0.5) is 0 Å². The monoisotopic (exact) mass is 348 g/mol. The number of hydrogen-bond donors (Lipinski definition) is 3. The highest BCUT2D eigenvalue weighted by molar-refractivity contribution is 5.89. The highest BCUT2D eigenvalue weighted by Crippen LogP contribution is 2.26. The standard InChI is InChI=1S/C20H32N2O3/c1-6-7-8-9-18-15(2)10-20(4,5)14-21-11-17(12-22-18)19(24)25-16(3)13-23/h6-9,11,16,21-23H,10,12-14H2,1-5H3/b7-6-,9-8-,17-11+,18-15-. The Kier molecular flexibility index (Phi) is 8.49. The van der Waals surface area contributed by atoms with Crippen molar-refractivity contribution in [1.29, 1.82) is 0 Å². The third-order valence-corrected chi connectivity index (χ3v) is 3.92. The van der Waals surface area contributed by atoms with Crippen molar-refractivity contribution >= 4 is 5.97 Å². The van der Waals surface area contributed by atoms with Gasteiger partial charge in [0.25, 0.3) is 0 Å². The van der Waals surface area contributed by atoms with Crippen molar-refractivity contribution in [3.8, 4) is 0 Å². The lowest BCUT2D eigenvalue weighted by atomic mass is 9.85. The van der Waals surface area contributed by atoms with Crippen LogP contribution in [0.3, 0.4) is 0 Å². The normalized spacial score (nSPS) is 25.0. The van der Waals surface area contributed by atoms with E-state index in [1.807, 2.05) is 31.2 Å². The molecule has 5 heteroatoms. The first kappa shape index (κ1) is 21.0. The summed E-state index contributed by atoms with van der Waals surface area (Å²) in [6.45, 7) is 11.1. The predicted molar refractivity (Wildman–Crippen MR) is 102 cm³/mol. The Hall–Kier alpha value is -2.01. The highest BCUT2D eigenvalue weighted by atomic mass is 16.5. The summed E-state index contributed by atoms with van der Waals surface area (Å²) in [5.74, 6) is -0.422. The molecule has 3 N–H and O–H groups in total. The quantitative estimate of drug-likeness (QED) is 0.526. The van der Waals surface area contributed by atoms with Crippen LogP contribution in [0.5, 0.6) is 0 Å². The molecule has 1 atom stereocenters. The lowest BCUT2D eigenvalue weighted by Gasteiger charge is -2.28. The first-order valence-electron chi connectivity index (χ1n) is 8.76. The van der Waals surface area contributed by atoms with E-state index < -0.39 is 12.1 Å². The van der Waals surface area contributed by atoms with Crippen LogP contribution >= 0.6 is 0 Å². The van der Waals surface area contributed by atoms with E-state index in [9.17, 15) is 4.79 Å². The number of ether oxygens (including phenoxy) is 1. The van der Waals surface area contributed by atoms with Crippen molar-refractivity contribution in [1.82, 2.24) is 10.6 Å². The molecule has 0 aliphatic carbocycles. The molecule has 0 amide bonds. The van der Waals surface area contributed by atoms with Gasteiger partial charge in [-0.25, -0.2) is 4.79 Å². The Labute approximate surface area is 151 Å². The van der Waals surface area contributed by atoms with Gasteiger partial charge in [0.1, 0.15) is 6.10 Å². The molecule has 1 rings (SSSR count). The van der Waals surface area contributed by atoms with Gasteiger partial charge in [0.15, 0.2) is 0 Å². The first-order valence-corrected chi connectivity index (χ1v) is 8.76.